The molecule has 0 bridgehead atoms. The summed E-state index contributed by atoms with van der Waals surface area (Å²) in [6.07, 6.45) is 5.74. The predicted molar refractivity (Wildman–Crippen MR) is 91.9 cm³/mol. The molecule has 0 spiro atoms. The van der Waals surface area contributed by atoms with Crippen LogP contribution in [0.5, 0.6) is 0 Å². The van der Waals surface area contributed by atoms with E-state index < -0.39 is 0 Å². The molecule has 0 saturated heterocycles. The molecule has 0 aliphatic rings. The van der Waals surface area contributed by atoms with Crippen LogP contribution in [-0.4, -0.2) is 21.2 Å². The van der Waals surface area contributed by atoms with E-state index in [0.29, 0.717) is 6.42 Å². The number of amides is 1. The maximum atomic E-state index is 11.8. The van der Waals surface area contributed by atoms with Crippen LogP contribution in [0.25, 0.3) is 5.69 Å². The first-order chi connectivity index (χ1) is 11.2. The van der Waals surface area contributed by atoms with E-state index >= 15 is 0 Å². The maximum Gasteiger partial charge on any atom is 0.245 e. The minimum absolute atomic E-state index is 0.109. The Morgan fingerprint density at radius 3 is 2.78 bits per heavy atom. The summed E-state index contributed by atoms with van der Waals surface area (Å²) >= 11 is 1.57. The van der Waals surface area contributed by atoms with E-state index in [-0.39, 0.29) is 5.91 Å². The van der Waals surface area contributed by atoms with Gasteiger partial charge < -0.3 is 4.57 Å². The summed E-state index contributed by atoms with van der Waals surface area (Å²) in [7, 11) is 0. The van der Waals surface area contributed by atoms with Crippen molar-refractivity contribution in [2.75, 3.05) is 0 Å². The van der Waals surface area contributed by atoms with Gasteiger partial charge in [-0.1, -0.05) is 18.2 Å². The number of aromatic nitrogens is 2. The molecule has 116 valence electrons. The standard InChI is InChI=1S/C17H16N4OS/c1-13(19-20-17(22)11-16-3-2-10-23-16)14-4-6-15(7-5-14)21-9-8-18-12-21/h2-10,12H,11H2,1H3,(H,20,22)/b19-13+. The van der Waals surface area contributed by atoms with Gasteiger partial charge in [-0.3, -0.25) is 4.79 Å². The van der Waals surface area contributed by atoms with Crippen molar-refractivity contribution in [1.82, 2.24) is 15.0 Å². The number of hydrogen-bond donors (Lipinski definition) is 1. The number of rotatable bonds is 5. The van der Waals surface area contributed by atoms with Crippen molar-refractivity contribution < 1.29 is 4.79 Å². The van der Waals surface area contributed by atoms with Crippen LogP contribution >= 0.6 is 11.3 Å². The van der Waals surface area contributed by atoms with Crippen LogP contribution in [0.15, 0.2) is 65.6 Å². The van der Waals surface area contributed by atoms with Crippen molar-refractivity contribution in [2.45, 2.75) is 13.3 Å². The molecular weight excluding hydrogens is 308 g/mol. The Hall–Kier alpha value is -2.73. The highest BCUT2D eigenvalue weighted by atomic mass is 32.1. The number of carbonyl (C=O) groups is 1. The molecule has 0 radical (unpaired) electrons. The fourth-order valence-electron chi connectivity index (χ4n) is 2.11. The second kappa shape index (κ2) is 7.02. The summed E-state index contributed by atoms with van der Waals surface area (Å²) in [5.74, 6) is -0.109. The zero-order valence-corrected chi connectivity index (χ0v) is 13.5. The highest BCUT2D eigenvalue weighted by Crippen LogP contribution is 2.11. The first-order valence-corrected chi connectivity index (χ1v) is 8.04. The maximum absolute atomic E-state index is 11.8. The van der Waals surface area contributed by atoms with Crippen LogP contribution in [0.2, 0.25) is 0 Å². The minimum atomic E-state index is -0.109. The van der Waals surface area contributed by atoms with E-state index in [4.69, 9.17) is 0 Å². The van der Waals surface area contributed by atoms with Crippen molar-refractivity contribution in [2.24, 2.45) is 5.10 Å². The summed E-state index contributed by atoms with van der Waals surface area (Å²) < 4.78 is 1.93. The molecule has 2 aromatic heterocycles. The van der Waals surface area contributed by atoms with Gasteiger partial charge in [0.05, 0.1) is 18.5 Å². The lowest BCUT2D eigenvalue weighted by atomic mass is 10.1. The van der Waals surface area contributed by atoms with Crippen molar-refractivity contribution in [3.63, 3.8) is 0 Å². The quantitative estimate of drug-likeness (QED) is 0.579. The van der Waals surface area contributed by atoms with Crippen molar-refractivity contribution in [3.8, 4) is 5.69 Å². The van der Waals surface area contributed by atoms with E-state index in [1.165, 1.54) is 0 Å². The van der Waals surface area contributed by atoms with Crippen LogP contribution < -0.4 is 5.43 Å². The van der Waals surface area contributed by atoms with Gasteiger partial charge in [0.1, 0.15) is 0 Å². The molecular formula is C17H16N4OS. The smallest absolute Gasteiger partial charge is 0.245 e. The molecule has 0 aliphatic carbocycles. The minimum Gasteiger partial charge on any atom is -0.306 e. The van der Waals surface area contributed by atoms with Gasteiger partial charge in [-0.15, -0.1) is 11.3 Å². The van der Waals surface area contributed by atoms with Gasteiger partial charge in [0.15, 0.2) is 0 Å². The topological polar surface area (TPSA) is 59.3 Å². The van der Waals surface area contributed by atoms with Crippen molar-refractivity contribution in [1.29, 1.82) is 0 Å². The summed E-state index contributed by atoms with van der Waals surface area (Å²) in [5, 5.41) is 6.13. The van der Waals surface area contributed by atoms with E-state index in [1.54, 1.807) is 23.9 Å². The third-order valence-electron chi connectivity index (χ3n) is 3.35. The molecule has 1 aromatic carbocycles. The molecule has 3 aromatic rings. The van der Waals surface area contributed by atoms with Gasteiger partial charge in [-0.2, -0.15) is 5.10 Å². The molecule has 5 nitrogen and oxygen atoms in total. The van der Waals surface area contributed by atoms with Crippen molar-refractivity contribution in [3.05, 3.63) is 70.9 Å². The average molecular weight is 324 g/mol. The van der Waals surface area contributed by atoms with Gasteiger partial charge in [-0.05, 0) is 36.1 Å². The Balaban J connectivity index is 1.63. The number of benzene rings is 1. The molecule has 6 heteroatoms. The van der Waals surface area contributed by atoms with Gasteiger partial charge in [0.2, 0.25) is 5.91 Å². The van der Waals surface area contributed by atoms with Crippen molar-refractivity contribution >= 4 is 23.0 Å². The predicted octanol–water partition coefficient (Wildman–Crippen LogP) is 3.02. The third-order valence-corrected chi connectivity index (χ3v) is 4.23. The number of hydrogen-bond acceptors (Lipinski definition) is 4. The van der Waals surface area contributed by atoms with Crippen LogP contribution in [-0.2, 0) is 11.2 Å². The largest absolute Gasteiger partial charge is 0.306 e. The average Bonchev–Trinajstić information content (AvgIpc) is 3.26. The number of thiophene rings is 1. The van der Waals surface area contributed by atoms with E-state index in [9.17, 15) is 4.79 Å². The number of nitrogens with zero attached hydrogens (tertiary/aromatic N) is 3. The third kappa shape index (κ3) is 3.92. The van der Waals surface area contributed by atoms with Crippen LogP contribution in [0.1, 0.15) is 17.4 Å². The fourth-order valence-corrected chi connectivity index (χ4v) is 2.81. The molecule has 23 heavy (non-hydrogen) atoms. The van der Waals surface area contributed by atoms with Gasteiger partial charge in [-0.25, -0.2) is 10.4 Å². The molecule has 1 amide bonds. The van der Waals surface area contributed by atoms with Gasteiger partial charge in [0.25, 0.3) is 0 Å². The normalized spacial score (nSPS) is 11.4. The Morgan fingerprint density at radius 2 is 2.13 bits per heavy atom. The first kappa shape index (κ1) is 15.2. The summed E-state index contributed by atoms with van der Waals surface area (Å²) in [5.41, 5.74) is 5.36. The lowest BCUT2D eigenvalue weighted by Crippen LogP contribution is -2.20. The molecule has 0 saturated carbocycles. The monoisotopic (exact) mass is 324 g/mol. The van der Waals surface area contributed by atoms with Gasteiger partial charge in [0, 0.05) is 23.0 Å². The highest BCUT2D eigenvalue weighted by molar-refractivity contribution is 7.10. The Kier molecular flexibility index (Phi) is 4.63. The van der Waals surface area contributed by atoms with Crippen LogP contribution in [0.3, 0.4) is 0 Å². The SMILES string of the molecule is C/C(=N\NC(=O)Cc1cccs1)c1ccc(-n2ccnc2)cc1. The number of hydrazone groups is 1. The molecule has 0 atom stereocenters. The molecule has 0 fully saturated rings. The summed E-state index contributed by atoms with van der Waals surface area (Å²) in [6.45, 7) is 1.87. The van der Waals surface area contributed by atoms with E-state index in [0.717, 1.165) is 21.8 Å². The fraction of sp³-hybridized carbons (Fsp3) is 0.118. The molecule has 0 aliphatic heterocycles. The zero-order valence-electron chi connectivity index (χ0n) is 12.6. The number of imidazole rings is 1. The molecule has 1 N–H and O–H groups in total. The number of nitrogens with one attached hydrogen (secondary N) is 1. The zero-order chi connectivity index (χ0) is 16.1. The van der Waals surface area contributed by atoms with E-state index in [2.05, 4.69) is 15.5 Å². The Bertz CT molecular complexity index is 790. The Morgan fingerprint density at radius 1 is 1.30 bits per heavy atom. The lowest BCUT2D eigenvalue weighted by Gasteiger charge is -2.05. The molecule has 2 heterocycles. The number of carbonyl (C=O) groups excluding carboxylic acids is 1. The highest BCUT2D eigenvalue weighted by Gasteiger charge is 2.04. The summed E-state index contributed by atoms with van der Waals surface area (Å²) in [6, 6.07) is 11.8. The molecule has 0 unspecified atom stereocenters. The lowest BCUT2D eigenvalue weighted by molar-refractivity contribution is -0.120. The first-order valence-electron chi connectivity index (χ1n) is 7.16. The second-order valence-corrected chi connectivity index (χ2v) is 6.04. The van der Waals surface area contributed by atoms with Gasteiger partial charge >= 0.3 is 0 Å². The molecule has 3 rings (SSSR count). The van der Waals surface area contributed by atoms with E-state index in [1.807, 2.05) is 59.5 Å². The second-order valence-electron chi connectivity index (χ2n) is 5.01. The summed E-state index contributed by atoms with van der Waals surface area (Å²) in [4.78, 5) is 16.9. The Labute approximate surface area is 138 Å². The van der Waals surface area contributed by atoms with Crippen LogP contribution in [0, 0.1) is 0 Å². The van der Waals surface area contributed by atoms with Crippen LogP contribution in [0.4, 0.5) is 0 Å².